The number of rotatable bonds is 3. The second kappa shape index (κ2) is 4.12. The second-order valence-corrected chi connectivity index (χ2v) is 2.80. The van der Waals surface area contributed by atoms with Crippen LogP contribution in [0.3, 0.4) is 0 Å². The van der Waals surface area contributed by atoms with E-state index in [1.54, 1.807) is 7.11 Å². The first-order valence-electron chi connectivity index (χ1n) is 4.16. The zero-order valence-corrected chi connectivity index (χ0v) is 7.58. The summed E-state index contributed by atoms with van der Waals surface area (Å²) in [6.07, 6.45) is 1.19. The number of nitrogens with two attached hydrogens (primary N) is 1. The maximum Gasteiger partial charge on any atom is 0.0818 e. The predicted molar refractivity (Wildman–Crippen MR) is 50.9 cm³/mol. The Labute approximate surface area is 73.3 Å². The van der Waals surface area contributed by atoms with Gasteiger partial charge in [0, 0.05) is 12.8 Å². The number of benzene rings is 1. The Morgan fingerprint density at radius 1 is 1.33 bits per heavy atom. The molecule has 2 heteroatoms. The molecule has 0 bridgehead atoms. The van der Waals surface area contributed by atoms with Crippen LogP contribution < -0.4 is 5.73 Å². The molecule has 0 radical (unpaired) electrons. The maximum atomic E-state index is 5.57. The molecule has 2 N–H and O–H groups in total. The van der Waals surface area contributed by atoms with Crippen LogP contribution in [0, 0.1) is 0 Å². The fourth-order valence-electron chi connectivity index (χ4n) is 1.25. The number of anilines is 1. The van der Waals surface area contributed by atoms with E-state index in [2.05, 4.69) is 6.92 Å². The summed E-state index contributed by atoms with van der Waals surface area (Å²) in [5.74, 6) is 0. The minimum atomic E-state index is 0.200. The Morgan fingerprint density at radius 3 is 2.33 bits per heavy atom. The van der Waals surface area contributed by atoms with Crippen LogP contribution in [-0.4, -0.2) is 7.11 Å². The molecular formula is C10H15NO. The summed E-state index contributed by atoms with van der Waals surface area (Å²) in [6, 6.07) is 7.81. The molecule has 0 amide bonds. The van der Waals surface area contributed by atoms with Crippen molar-refractivity contribution in [2.75, 3.05) is 12.8 Å². The van der Waals surface area contributed by atoms with Crippen LogP contribution in [0.25, 0.3) is 0 Å². The van der Waals surface area contributed by atoms with Gasteiger partial charge >= 0.3 is 0 Å². The summed E-state index contributed by atoms with van der Waals surface area (Å²) >= 11 is 0. The van der Waals surface area contributed by atoms with Gasteiger partial charge in [0.15, 0.2) is 0 Å². The minimum Gasteiger partial charge on any atom is -0.399 e. The third-order valence-electron chi connectivity index (χ3n) is 1.96. The summed E-state index contributed by atoms with van der Waals surface area (Å²) in [5, 5.41) is 0. The summed E-state index contributed by atoms with van der Waals surface area (Å²) < 4.78 is 5.28. The largest absolute Gasteiger partial charge is 0.399 e. The van der Waals surface area contributed by atoms with E-state index in [-0.39, 0.29) is 6.10 Å². The van der Waals surface area contributed by atoms with Crippen LogP contribution >= 0.6 is 0 Å². The van der Waals surface area contributed by atoms with Crippen LogP contribution in [-0.2, 0) is 4.74 Å². The number of ether oxygens (including phenoxy) is 1. The Bertz CT molecular complexity index is 226. The first-order chi connectivity index (χ1) is 5.77. The standard InChI is InChI=1S/C10H15NO/c1-3-10(12-2)8-4-6-9(11)7-5-8/h4-7,10H,3,11H2,1-2H3. The lowest BCUT2D eigenvalue weighted by atomic mass is 10.1. The molecule has 1 rings (SSSR count). The molecule has 1 atom stereocenters. The van der Waals surface area contributed by atoms with Gasteiger partial charge in [-0.25, -0.2) is 0 Å². The number of hydrogen-bond donors (Lipinski definition) is 1. The molecule has 0 aliphatic rings. The highest BCUT2D eigenvalue weighted by atomic mass is 16.5. The number of hydrogen-bond acceptors (Lipinski definition) is 2. The minimum absolute atomic E-state index is 0.200. The van der Waals surface area contributed by atoms with Crippen LogP contribution in [0.2, 0.25) is 0 Å². The van der Waals surface area contributed by atoms with E-state index in [9.17, 15) is 0 Å². The van der Waals surface area contributed by atoms with Crippen molar-refractivity contribution in [2.24, 2.45) is 0 Å². The summed E-state index contributed by atoms with van der Waals surface area (Å²) in [6.45, 7) is 2.10. The van der Waals surface area contributed by atoms with E-state index < -0.39 is 0 Å². The predicted octanol–water partition coefficient (Wildman–Crippen LogP) is 2.37. The van der Waals surface area contributed by atoms with Gasteiger partial charge in [0.25, 0.3) is 0 Å². The van der Waals surface area contributed by atoms with Crippen LogP contribution in [0.1, 0.15) is 25.0 Å². The van der Waals surface area contributed by atoms with Gasteiger partial charge in [-0.2, -0.15) is 0 Å². The Morgan fingerprint density at radius 2 is 1.92 bits per heavy atom. The van der Waals surface area contributed by atoms with E-state index in [4.69, 9.17) is 10.5 Å². The molecule has 2 nitrogen and oxygen atoms in total. The third-order valence-corrected chi connectivity index (χ3v) is 1.96. The van der Waals surface area contributed by atoms with Gasteiger partial charge in [0.05, 0.1) is 6.10 Å². The molecule has 0 fully saturated rings. The zero-order valence-electron chi connectivity index (χ0n) is 7.58. The van der Waals surface area contributed by atoms with E-state index in [0.29, 0.717) is 0 Å². The summed E-state index contributed by atoms with van der Waals surface area (Å²) in [5.41, 5.74) is 7.55. The van der Waals surface area contributed by atoms with E-state index in [1.165, 1.54) is 5.56 Å². The molecule has 1 unspecified atom stereocenters. The molecule has 66 valence electrons. The quantitative estimate of drug-likeness (QED) is 0.698. The van der Waals surface area contributed by atoms with Gasteiger partial charge in [0.1, 0.15) is 0 Å². The van der Waals surface area contributed by atoms with Crippen molar-refractivity contribution >= 4 is 5.69 Å². The lowest BCUT2D eigenvalue weighted by Crippen LogP contribution is -1.99. The maximum absolute atomic E-state index is 5.57. The third kappa shape index (κ3) is 1.98. The van der Waals surface area contributed by atoms with Crippen LogP contribution in [0.15, 0.2) is 24.3 Å². The van der Waals surface area contributed by atoms with Crippen molar-refractivity contribution in [1.82, 2.24) is 0 Å². The van der Waals surface area contributed by atoms with E-state index in [0.717, 1.165) is 12.1 Å². The Kier molecular flexibility index (Phi) is 3.11. The molecule has 0 aliphatic heterocycles. The molecule has 1 aromatic carbocycles. The monoisotopic (exact) mass is 165 g/mol. The highest BCUT2D eigenvalue weighted by Crippen LogP contribution is 2.20. The molecule has 12 heavy (non-hydrogen) atoms. The normalized spacial score (nSPS) is 12.8. The highest BCUT2D eigenvalue weighted by Gasteiger charge is 2.05. The van der Waals surface area contributed by atoms with Gasteiger partial charge in [-0.1, -0.05) is 19.1 Å². The zero-order chi connectivity index (χ0) is 8.97. The average Bonchev–Trinajstić information content (AvgIpc) is 2.10. The second-order valence-electron chi connectivity index (χ2n) is 2.80. The van der Waals surface area contributed by atoms with E-state index in [1.807, 2.05) is 24.3 Å². The molecule has 0 spiro atoms. The molecular weight excluding hydrogens is 150 g/mol. The van der Waals surface area contributed by atoms with Gasteiger partial charge in [-0.05, 0) is 24.1 Å². The first kappa shape index (κ1) is 9.07. The van der Waals surface area contributed by atoms with Crippen molar-refractivity contribution in [3.8, 4) is 0 Å². The summed E-state index contributed by atoms with van der Waals surface area (Å²) in [4.78, 5) is 0. The summed E-state index contributed by atoms with van der Waals surface area (Å²) in [7, 11) is 1.73. The Hall–Kier alpha value is -1.02. The van der Waals surface area contributed by atoms with Gasteiger partial charge < -0.3 is 10.5 Å². The number of nitrogen functional groups attached to an aromatic ring is 1. The van der Waals surface area contributed by atoms with Crippen LogP contribution in [0.5, 0.6) is 0 Å². The van der Waals surface area contributed by atoms with Gasteiger partial charge in [0.2, 0.25) is 0 Å². The number of methoxy groups -OCH3 is 1. The van der Waals surface area contributed by atoms with Crippen molar-refractivity contribution < 1.29 is 4.74 Å². The fourth-order valence-corrected chi connectivity index (χ4v) is 1.25. The molecule has 0 saturated carbocycles. The van der Waals surface area contributed by atoms with Crippen molar-refractivity contribution in [2.45, 2.75) is 19.4 Å². The Balaban J connectivity index is 2.80. The molecule has 0 aromatic heterocycles. The lowest BCUT2D eigenvalue weighted by molar-refractivity contribution is 0.100. The fraction of sp³-hybridized carbons (Fsp3) is 0.400. The van der Waals surface area contributed by atoms with Crippen molar-refractivity contribution in [1.29, 1.82) is 0 Å². The molecule has 1 aromatic rings. The molecule has 0 heterocycles. The highest BCUT2D eigenvalue weighted by molar-refractivity contribution is 5.39. The lowest BCUT2D eigenvalue weighted by Gasteiger charge is -2.12. The molecule has 0 saturated heterocycles. The molecule has 0 aliphatic carbocycles. The van der Waals surface area contributed by atoms with Crippen molar-refractivity contribution in [3.05, 3.63) is 29.8 Å². The topological polar surface area (TPSA) is 35.2 Å². The van der Waals surface area contributed by atoms with E-state index >= 15 is 0 Å². The smallest absolute Gasteiger partial charge is 0.0818 e. The van der Waals surface area contributed by atoms with Crippen LogP contribution in [0.4, 0.5) is 5.69 Å². The van der Waals surface area contributed by atoms with Crippen molar-refractivity contribution in [3.63, 3.8) is 0 Å². The first-order valence-corrected chi connectivity index (χ1v) is 4.16. The van der Waals surface area contributed by atoms with Gasteiger partial charge in [-0.3, -0.25) is 0 Å². The average molecular weight is 165 g/mol. The van der Waals surface area contributed by atoms with Gasteiger partial charge in [-0.15, -0.1) is 0 Å². The SMILES string of the molecule is CCC(OC)c1ccc(N)cc1.